The molecule has 1 aromatic heterocycles. The summed E-state index contributed by atoms with van der Waals surface area (Å²) in [4.78, 5) is 37.8. The van der Waals surface area contributed by atoms with Crippen molar-refractivity contribution in [3.05, 3.63) is 87.2 Å². The predicted molar refractivity (Wildman–Crippen MR) is 112 cm³/mol. The fourth-order valence-electron chi connectivity index (χ4n) is 2.86. The van der Waals surface area contributed by atoms with Gasteiger partial charge in [-0.2, -0.15) is 5.26 Å². The lowest BCUT2D eigenvalue weighted by Gasteiger charge is -2.10. The van der Waals surface area contributed by atoms with Crippen LogP contribution in [0.25, 0.3) is 11.1 Å². The molecule has 3 aromatic rings. The zero-order chi connectivity index (χ0) is 21.7. The second-order valence-corrected chi connectivity index (χ2v) is 7.22. The van der Waals surface area contributed by atoms with Crippen LogP contribution in [0.5, 0.6) is 0 Å². The Morgan fingerprint density at radius 3 is 2.57 bits per heavy atom. The third-order valence-corrected chi connectivity index (χ3v) is 5.34. The maximum absolute atomic E-state index is 12.2. The number of thioether (sulfide) groups is 1. The van der Waals surface area contributed by atoms with Crippen LogP contribution in [0.4, 0.5) is 0 Å². The number of aromatic carboxylic acids is 1. The van der Waals surface area contributed by atoms with Gasteiger partial charge in [0.2, 0.25) is 5.56 Å². The first-order chi connectivity index (χ1) is 14.4. The van der Waals surface area contributed by atoms with Gasteiger partial charge in [0, 0.05) is 17.4 Å². The number of aromatic amines is 1. The molecule has 0 saturated heterocycles. The van der Waals surface area contributed by atoms with E-state index >= 15 is 0 Å². The molecule has 0 atom stereocenters. The van der Waals surface area contributed by atoms with Gasteiger partial charge >= 0.3 is 11.9 Å². The van der Waals surface area contributed by atoms with Crippen molar-refractivity contribution in [1.29, 1.82) is 5.26 Å². The van der Waals surface area contributed by atoms with Crippen LogP contribution in [-0.2, 0) is 10.5 Å². The lowest BCUT2D eigenvalue weighted by atomic mass is 10.0. The van der Waals surface area contributed by atoms with E-state index < -0.39 is 17.5 Å². The predicted octanol–water partition coefficient (Wildman–Crippen LogP) is 3.69. The van der Waals surface area contributed by atoms with Crippen molar-refractivity contribution in [3.8, 4) is 17.2 Å². The maximum Gasteiger partial charge on any atom is 0.337 e. The number of hydrogen-bond acceptors (Lipinski definition) is 6. The van der Waals surface area contributed by atoms with E-state index in [1.165, 1.54) is 37.1 Å². The largest absolute Gasteiger partial charge is 0.478 e. The highest BCUT2D eigenvalue weighted by molar-refractivity contribution is 7.98. The Morgan fingerprint density at radius 1 is 1.13 bits per heavy atom. The highest BCUT2D eigenvalue weighted by Crippen LogP contribution is 2.31. The molecule has 0 radical (unpaired) electrons. The summed E-state index contributed by atoms with van der Waals surface area (Å²) in [7, 11) is 1.30. The molecule has 0 bridgehead atoms. The van der Waals surface area contributed by atoms with Crippen molar-refractivity contribution >= 4 is 23.7 Å². The zero-order valence-electron chi connectivity index (χ0n) is 15.8. The number of hydrogen-bond donors (Lipinski definition) is 2. The van der Waals surface area contributed by atoms with Gasteiger partial charge in [0.05, 0.1) is 28.8 Å². The molecule has 0 aliphatic heterocycles. The number of H-pyrrole nitrogens is 1. The number of methoxy groups -OCH3 is 1. The molecule has 0 fully saturated rings. The summed E-state index contributed by atoms with van der Waals surface area (Å²) in [6.07, 6.45) is 0. The SMILES string of the molecule is COC(=O)c1cccc(CSc2[nH]c(=O)cc(-c3cccc(C(=O)O)c3)c2C#N)c1. The summed E-state index contributed by atoms with van der Waals surface area (Å²) in [6, 6.07) is 16.3. The van der Waals surface area contributed by atoms with Gasteiger partial charge in [0.1, 0.15) is 6.07 Å². The first kappa shape index (κ1) is 20.9. The molecule has 150 valence electrons. The Morgan fingerprint density at radius 2 is 1.87 bits per heavy atom. The van der Waals surface area contributed by atoms with Crippen molar-refractivity contribution in [2.24, 2.45) is 0 Å². The second kappa shape index (κ2) is 9.11. The van der Waals surface area contributed by atoms with Gasteiger partial charge in [-0.3, -0.25) is 4.79 Å². The number of benzene rings is 2. The molecule has 2 N–H and O–H groups in total. The van der Waals surface area contributed by atoms with E-state index in [0.29, 0.717) is 27.5 Å². The third kappa shape index (κ3) is 4.59. The quantitative estimate of drug-likeness (QED) is 0.461. The van der Waals surface area contributed by atoms with Gasteiger partial charge < -0.3 is 14.8 Å². The first-order valence-electron chi connectivity index (χ1n) is 8.74. The van der Waals surface area contributed by atoms with Gasteiger partial charge in [-0.25, -0.2) is 9.59 Å². The average Bonchev–Trinajstić information content (AvgIpc) is 2.77. The molecule has 1 heterocycles. The number of nitriles is 1. The number of nitrogens with zero attached hydrogens (tertiary/aromatic N) is 1. The fraction of sp³-hybridized carbons (Fsp3) is 0.0909. The van der Waals surface area contributed by atoms with Gasteiger partial charge in [0.15, 0.2) is 0 Å². The minimum atomic E-state index is -1.10. The van der Waals surface area contributed by atoms with E-state index in [2.05, 4.69) is 11.1 Å². The summed E-state index contributed by atoms with van der Waals surface area (Å²) in [6.45, 7) is 0. The standard InChI is InChI=1S/C22H16N2O5S/c1-29-22(28)16-7-2-4-13(8-16)12-30-20-18(11-23)17(10-19(25)24-20)14-5-3-6-15(9-14)21(26)27/h2-10H,12H2,1H3,(H,24,25)(H,26,27). The molecule has 0 spiro atoms. The van der Waals surface area contributed by atoms with Crippen molar-refractivity contribution in [2.75, 3.05) is 7.11 Å². The lowest BCUT2D eigenvalue weighted by molar-refractivity contribution is 0.0599. The second-order valence-electron chi connectivity index (χ2n) is 6.23. The number of carboxylic acids is 1. The number of carboxylic acid groups (broad SMARTS) is 1. The van der Waals surface area contributed by atoms with E-state index in [0.717, 1.165) is 5.56 Å². The molecule has 8 heteroatoms. The van der Waals surface area contributed by atoms with Gasteiger partial charge in [-0.05, 0) is 35.4 Å². The van der Waals surface area contributed by atoms with Crippen molar-refractivity contribution in [2.45, 2.75) is 10.8 Å². The molecule has 0 aliphatic carbocycles. The van der Waals surface area contributed by atoms with Crippen LogP contribution in [0.1, 0.15) is 31.8 Å². The number of aromatic nitrogens is 1. The third-order valence-electron chi connectivity index (χ3n) is 4.27. The molecule has 0 amide bonds. The average molecular weight is 420 g/mol. The molecule has 3 rings (SSSR count). The van der Waals surface area contributed by atoms with E-state index in [1.54, 1.807) is 30.3 Å². The normalized spacial score (nSPS) is 10.3. The molecule has 2 aromatic carbocycles. The Bertz CT molecular complexity index is 1230. The van der Waals surface area contributed by atoms with Crippen LogP contribution in [0, 0.1) is 11.3 Å². The molecule has 30 heavy (non-hydrogen) atoms. The van der Waals surface area contributed by atoms with Gasteiger partial charge in [-0.15, -0.1) is 11.8 Å². The Labute approximate surface area is 175 Å². The zero-order valence-corrected chi connectivity index (χ0v) is 16.7. The number of esters is 1. The minimum absolute atomic E-state index is 0.0606. The van der Waals surface area contributed by atoms with Gasteiger partial charge in [0.25, 0.3) is 0 Å². The fourth-order valence-corrected chi connectivity index (χ4v) is 3.83. The summed E-state index contributed by atoms with van der Waals surface area (Å²) < 4.78 is 4.72. The van der Waals surface area contributed by atoms with Gasteiger partial charge in [-0.1, -0.05) is 24.3 Å². The summed E-state index contributed by atoms with van der Waals surface area (Å²) >= 11 is 1.24. The highest BCUT2D eigenvalue weighted by Gasteiger charge is 2.15. The van der Waals surface area contributed by atoms with Crippen LogP contribution >= 0.6 is 11.8 Å². The number of nitrogens with one attached hydrogen (secondary N) is 1. The van der Waals surface area contributed by atoms with Crippen molar-refractivity contribution in [1.82, 2.24) is 4.98 Å². The molecular weight excluding hydrogens is 404 g/mol. The smallest absolute Gasteiger partial charge is 0.337 e. The number of rotatable bonds is 6. The number of carbonyl (C=O) groups is 2. The molecular formula is C22H16N2O5S. The molecule has 0 unspecified atom stereocenters. The minimum Gasteiger partial charge on any atom is -0.478 e. The highest BCUT2D eigenvalue weighted by atomic mass is 32.2. The monoisotopic (exact) mass is 420 g/mol. The Kier molecular flexibility index (Phi) is 6.35. The van der Waals surface area contributed by atoms with E-state index in [9.17, 15) is 24.8 Å². The summed E-state index contributed by atoms with van der Waals surface area (Å²) in [5.74, 6) is -1.15. The van der Waals surface area contributed by atoms with Crippen LogP contribution in [0.15, 0.2) is 64.4 Å². The first-order valence-corrected chi connectivity index (χ1v) is 9.72. The summed E-state index contributed by atoms with van der Waals surface area (Å²) in [5.41, 5.74) is 1.93. The van der Waals surface area contributed by atoms with E-state index in [-0.39, 0.29) is 11.1 Å². The van der Waals surface area contributed by atoms with E-state index in [1.807, 2.05) is 6.07 Å². The summed E-state index contributed by atoms with van der Waals surface area (Å²) in [5, 5.41) is 19.3. The van der Waals surface area contributed by atoms with Crippen LogP contribution in [-0.4, -0.2) is 29.1 Å². The number of ether oxygens (including phenoxy) is 1. The van der Waals surface area contributed by atoms with Crippen molar-refractivity contribution in [3.63, 3.8) is 0 Å². The molecule has 7 nitrogen and oxygen atoms in total. The number of carbonyl (C=O) groups excluding carboxylic acids is 1. The molecule has 0 aliphatic rings. The maximum atomic E-state index is 12.2. The molecule has 0 saturated carbocycles. The topological polar surface area (TPSA) is 120 Å². The van der Waals surface area contributed by atoms with Crippen LogP contribution in [0.3, 0.4) is 0 Å². The Hall–Kier alpha value is -3.83. The number of pyridine rings is 1. The van der Waals surface area contributed by atoms with Crippen LogP contribution in [0.2, 0.25) is 0 Å². The van der Waals surface area contributed by atoms with E-state index in [4.69, 9.17) is 4.74 Å². The lowest BCUT2D eigenvalue weighted by Crippen LogP contribution is -2.09. The van der Waals surface area contributed by atoms with Crippen LogP contribution < -0.4 is 5.56 Å². The Balaban J connectivity index is 1.96. The van der Waals surface area contributed by atoms with Crippen molar-refractivity contribution < 1.29 is 19.4 Å².